The van der Waals surface area contributed by atoms with Crippen molar-refractivity contribution in [3.8, 4) is 0 Å². The van der Waals surface area contributed by atoms with Crippen molar-refractivity contribution in [1.29, 1.82) is 0 Å². The van der Waals surface area contributed by atoms with E-state index in [1.54, 1.807) is 4.90 Å². The Hall–Kier alpha value is -1.84. The molecule has 4 heteroatoms. The van der Waals surface area contributed by atoms with E-state index < -0.39 is 6.04 Å². The molecule has 0 radical (unpaired) electrons. The molecule has 0 fully saturated rings. The smallest absolute Gasteiger partial charge is 0.254 e. The minimum Gasteiger partial charge on any atom is -0.341 e. The van der Waals surface area contributed by atoms with Crippen molar-refractivity contribution < 1.29 is 9.59 Å². The summed E-state index contributed by atoms with van der Waals surface area (Å²) in [7, 11) is 0. The van der Waals surface area contributed by atoms with Crippen molar-refractivity contribution in [1.82, 2.24) is 5.32 Å². The van der Waals surface area contributed by atoms with Crippen LogP contribution in [0.2, 0.25) is 0 Å². The van der Waals surface area contributed by atoms with Crippen molar-refractivity contribution in [3.63, 3.8) is 0 Å². The average molecular weight is 260 g/mol. The lowest BCUT2D eigenvalue weighted by molar-refractivity contribution is -0.126. The molecule has 0 saturated heterocycles. The molecule has 1 aliphatic heterocycles. The third kappa shape index (κ3) is 2.78. The summed E-state index contributed by atoms with van der Waals surface area (Å²) in [6.45, 7) is 4.30. The highest BCUT2D eigenvalue weighted by Gasteiger charge is 2.36. The van der Waals surface area contributed by atoms with Gasteiger partial charge in [-0.25, -0.2) is 0 Å². The number of amides is 2. The van der Waals surface area contributed by atoms with Crippen LogP contribution in [0.5, 0.6) is 0 Å². The lowest BCUT2D eigenvalue weighted by atomic mass is 10.1. The quantitative estimate of drug-likeness (QED) is 0.826. The minimum atomic E-state index is -0.518. The van der Waals surface area contributed by atoms with Crippen LogP contribution in [0.25, 0.3) is 0 Å². The van der Waals surface area contributed by atoms with Crippen LogP contribution < -0.4 is 10.2 Å². The molecule has 0 aromatic heterocycles. The highest BCUT2D eigenvalue weighted by molar-refractivity contribution is 6.06. The normalized spacial score (nSPS) is 17.5. The van der Waals surface area contributed by atoms with E-state index in [-0.39, 0.29) is 11.8 Å². The topological polar surface area (TPSA) is 49.4 Å². The van der Waals surface area contributed by atoms with Gasteiger partial charge in [-0.15, -0.1) is 0 Å². The summed E-state index contributed by atoms with van der Waals surface area (Å²) in [4.78, 5) is 25.4. The third-order valence-corrected chi connectivity index (χ3v) is 3.38. The molecule has 1 aromatic rings. The number of rotatable bonds is 5. The largest absolute Gasteiger partial charge is 0.341 e. The number of anilines is 1. The number of nitrogens with one attached hydrogen (secondary N) is 1. The molecule has 1 aromatic carbocycles. The second-order valence-corrected chi connectivity index (χ2v) is 4.89. The Balaban J connectivity index is 2.22. The first-order valence-electron chi connectivity index (χ1n) is 6.82. The van der Waals surface area contributed by atoms with Gasteiger partial charge < -0.3 is 10.2 Å². The van der Waals surface area contributed by atoms with Gasteiger partial charge in [0, 0.05) is 24.7 Å². The van der Waals surface area contributed by atoms with Gasteiger partial charge in [-0.05, 0) is 12.5 Å². The van der Waals surface area contributed by atoms with Gasteiger partial charge in [0.05, 0.1) is 0 Å². The fraction of sp³-hybridized carbons (Fsp3) is 0.467. The van der Waals surface area contributed by atoms with Crippen LogP contribution in [-0.4, -0.2) is 18.4 Å². The maximum atomic E-state index is 12.4. The Kier molecular flexibility index (Phi) is 4.20. The average Bonchev–Trinajstić information content (AvgIpc) is 2.64. The van der Waals surface area contributed by atoms with Crippen molar-refractivity contribution >= 4 is 17.5 Å². The molecule has 0 spiro atoms. The molecule has 1 N–H and O–H groups in total. The Labute approximate surface area is 113 Å². The second-order valence-electron chi connectivity index (χ2n) is 4.89. The first-order valence-corrected chi connectivity index (χ1v) is 6.82. The fourth-order valence-electron chi connectivity index (χ4n) is 2.48. The van der Waals surface area contributed by atoms with Crippen LogP contribution in [0.4, 0.5) is 5.69 Å². The molecule has 2 rings (SSSR count). The van der Waals surface area contributed by atoms with Crippen LogP contribution in [-0.2, 0) is 9.59 Å². The first-order chi connectivity index (χ1) is 9.15. The summed E-state index contributed by atoms with van der Waals surface area (Å²) in [5.41, 5.74) is 1.83. The number of carbonyl (C=O) groups excluding carboxylic acids is 2. The monoisotopic (exact) mass is 260 g/mol. The number of para-hydroxylation sites is 1. The Morgan fingerprint density at radius 3 is 2.74 bits per heavy atom. The highest BCUT2D eigenvalue weighted by Crippen LogP contribution is 2.35. The van der Waals surface area contributed by atoms with Crippen LogP contribution in [0.3, 0.4) is 0 Å². The number of nitrogens with zero attached hydrogens (tertiary/aromatic N) is 1. The Morgan fingerprint density at radius 2 is 2.05 bits per heavy atom. The molecule has 0 bridgehead atoms. The molecule has 102 valence electrons. The first kappa shape index (κ1) is 13.6. The zero-order valence-corrected chi connectivity index (χ0v) is 11.5. The molecule has 1 atom stereocenters. The number of hydrogen-bond acceptors (Lipinski definition) is 2. The summed E-state index contributed by atoms with van der Waals surface area (Å²) in [6, 6.07) is 7.16. The summed E-state index contributed by atoms with van der Waals surface area (Å²) in [5, 5.41) is 2.74. The maximum absolute atomic E-state index is 12.4. The molecule has 2 amide bonds. The van der Waals surface area contributed by atoms with E-state index in [1.807, 2.05) is 24.3 Å². The molecule has 19 heavy (non-hydrogen) atoms. The van der Waals surface area contributed by atoms with Crippen molar-refractivity contribution in [2.45, 2.75) is 39.2 Å². The van der Waals surface area contributed by atoms with Gasteiger partial charge in [0.15, 0.2) is 0 Å². The predicted octanol–water partition coefficient (Wildman–Crippen LogP) is 2.40. The van der Waals surface area contributed by atoms with E-state index in [0.717, 1.165) is 37.1 Å². The summed E-state index contributed by atoms with van der Waals surface area (Å²) < 4.78 is 0. The second kappa shape index (κ2) is 5.87. The molecule has 0 unspecified atom stereocenters. The Morgan fingerprint density at radius 1 is 1.32 bits per heavy atom. The van der Waals surface area contributed by atoms with E-state index >= 15 is 0 Å². The van der Waals surface area contributed by atoms with Gasteiger partial charge in [0.25, 0.3) is 5.91 Å². The number of fused-ring (bicyclic) bond motifs is 1. The van der Waals surface area contributed by atoms with Gasteiger partial charge in [0.2, 0.25) is 5.91 Å². The van der Waals surface area contributed by atoms with E-state index in [0.29, 0.717) is 0 Å². The number of benzene rings is 1. The Bertz CT molecular complexity index is 485. The van der Waals surface area contributed by atoms with Crippen molar-refractivity contribution in [2.75, 3.05) is 11.4 Å². The van der Waals surface area contributed by atoms with Crippen LogP contribution in [0.1, 0.15) is 44.7 Å². The predicted molar refractivity (Wildman–Crippen MR) is 74.9 cm³/mol. The number of hydrogen-bond donors (Lipinski definition) is 1. The highest BCUT2D eigenvalue weighted by atomic mass is 16.2. The molecule has 1 aliphatic rings. The summed E-state index contributed by atoms with van der Waals surface area (Å²) in [6.07, 6.45) is 3.22. The van der Waals surface area contributed by atoms with Gasteiger partial charge in [0.1, 0.15) is 6.04 Å². The van der Waals surface area contributed by atoms with Gasteiger partial charge in [-0.3, -0.25) is 9.59 Å². The fourth-order valence-corrected chi connectivity index (χ4v) is 2.48. The van der Waals surface area contributed by atoms with E-state index in [1.165, 1.54) is 6.92 Å². The third-order valence-electron chi connectivity index (χ3n) is 3.38. The van der Waals surface area contributed by atoms with Crippen LogP contribution in [0.15, 0.2) is 24.3 Å². The van der Waals surface area contributed by atoms with Gasteiger partial charge in [-0.2, -0.15) is 0 Å². The van der Waals surface area contributed by atoms with Crippen molar-refractivity contribution in [2.24, 2.45) is 0 Å². The number of unbranched alkanes of at least 4 members (excludes halogenated alkanes) is 2. The zero-order chi connectivity index (χ0) is 13.8. The minimum absolute atomic E-state index is 0.0208. The standard InChI is InChI=1S/C15H20N2O2/c1-3-4-7-10-17-13-9-6-5-8-12(13)14(15(17)19)16-11(2)18/h5-6,8-9,14H,3-4,7,10H2,1-2H3,(H,16,18)/t14-/m0/s1. The molecule has 0 saturated carbocycles. The molecule has 1 heterocycles. The van der Waals surface area contributed by atoms with Gasteiger partial charge in [-0.1, -0.05) is 38.0 Å². The molecule has 4 nitrogen and oxygen atoms in total. The summed E-state index contributed by atoms with van der Waals surface area (Å²) >= 11 is 0. The van der Waals surface area contributed by atoms with E-state index in [4.69, 9.17) is 0 Å². The van der Waals surface area contributed by atoms with E-state index in [2.05, 4.69) is 12.2 Å². The molecular weight excluding hydrogens is 240 g/mol. The number of carbonyl (C=O) groups is 2. The molecular formula is C15H20N2O2. The van der Waals surface area contributed by atoms with Gasteiger partial charge >= 0.3 is 0 Å². The zero-order valence-electron chi connectivity index (χ0n) is 11.5. The SMILES string of the molecule is CCCCCN1C(=O)[C@@H](NC(C)=O)c2ccccc21. The lowest BCUT2D eigenvalue weighted by Gasteiger charge is -2.17. The lowest BCUT2D eigenvalue weighted by Crippen LogP contribution is -2.37. The van der Waals surface area contributed by atoms with Crippen LogP contribution >= 0.6 is 0 Å². The van der Waals surface area contributed by atoms with E-state index in [9.17, 15) is 9.59 Å². The molecule has 0 aliphatic carbocycles. The van der Waals surface area contributed by atoms with Crippen LogP contribution in [0, 0.1) is 0 Å². The maximum Gasteiger partial charge on any atom is 0.254 e. The summed E-state index contributed by atoms with van der Waals surface area (Å²) in [5.74, 6) is -0.198. The van der Waals surface area contributed by atoms with Crippen molar-refractivity contribution in [3.05, 3.63) is 29.8 Å².